The fraction of sp³-hybridized carbons (Fsp3) is 0.350. The molecule has 29 heavy (non-hydrogen) atoms. The van der Waals surface area contributed by atoms with E-state index in [1.807, 2.05) is 26.0 Å². The fourth-order valence-electron chi connectivity index (χ4n) is 2.82. The number of hydrogen-bond acceptors (Lipinski definition) is 6. The summed E-state index contributed by atoms with van der Waals surface area (Å²) in [5, 5.41) is 2.73. The van der Waals surface area contributed by atoms with Crippen molar-refractivity contribution in [2.24, 2.45) is 0 Å². The standard InChI is InChI=1S/C20H24N2O6S/c1-13(2)22-20(23)16-10-15(8-9-17(16)26-3)29(24,25)21-11-14-12-27-18-6-4-5-7-19(18)28-14/h4-10,13-14,21H,11-12H2,1-3H3,(H,22,23)/t14-/m1/s1. The Hall–Kier alpha value is -2.78. The maximum atomic E-state index is 12.7. The summed E-state index contributed by atoms with van der Waals surface area (Å²) in [5.74, 6) is 1.08. The number of amides is 1. The topological polar surface area (TPSA) is 103 Å². The monoisotopic (exact) mass is 420 g/mol. The van der Waals surface area contributed by atoms with Gasteiger partial charge in [0, 0.05) is 6.04 Å². The quantitative estimate of drug-likeness (QED) is 0.710. The predicted octanol–water partition coefficient (Wildman–Crippen LogP) is 1.95. The van der Waals surface area contributed by atoms with Gasteiger partial charge in [0.25, 0.3) is 5.91 Å². The molecule has 0 aromatic heterocycles. The van der Waals surface area contributed by atoms with Crippen molar-refractivity contribution in [1.82, 2.24) is 10.0 Å². The van der Waals surface area contributed by atoms with Crippen LogP contribution in [0, 0.1) is 0 Å². The molecule has 1 aliphatic rings. The number of methoxy groups -OCH3 is 1. The molecule has 0 saturated carbocycles. The van der Waals surface area contributed by atoms with E-state index in [1.165, 1.54) is 25.3 Å². The molecule has 2 N–H and O–H groups in total. The smallest absolute Gasteiger partial charge is 0.255 e. The van der Waals surface area contributed by atoms with Crippen LogP contribution in [0.2, 0.25) is 0 Å². The first-order valence-electron chi connectivity index (χ1n) is 9.17. The van der Waals surface area contributed by atoms with Crippen LogP contribution in [0.4, 0.5) is 0 Å². The van der Waals surface area contributed by atoms with Crippen molar-refractivity contribution in [1.29, 1.82) is 0 Å². The van der Waals surface area contributed by atoms with E-state index in [9.17, 15) is 13.2 Å². The number of sulfonamides is 1. The second-order valence-electron chi connectivity index (χ2n) is 6.84. The average molecular weight is 420 g/mol. The molecule has 2 aromatic carbocycles. The van der Waals surface area contributed by atoms with Crippen LogP contribution in [-0.2, 0) is 10.0 Å². The summed E-state index contributed by atoms with van der Waals surface area (Å²) in [6.45, 7) is 3.88. The van der Waals surface area contributed by atoms with E-state index < -0.39 is 22.0 Å². The highest BCUT2D eigenvalue weighted by atomic mass is 32.2. The Balaban J connectivity index is 1.73. The number of nitrogens with one attached hydrogen (secondary N) is 2. The van der Waals surface area contributed by atoms with Crippen LogP contribution in [0.5, 0.6) is 17.2 Å². The predicted molar refractivity (Wildman–Crippen MR) is 107 cm³/mol. The van der Waals surface area contributed by atoms with Crippen LogP contribution < -0.4 is 24.2 Å². The van der Waals surface area contributed by atoms with Crippen molar-refractivity contribution in [3.63, 3.8) is 0 Å². The van der Waals surface area contributed by atoms with Gasteiger partial charge in [-0.15, -0.1) is 0 Å². The lowest BCUT2D eigenvalue weighted by molar-refractivity contribution is 0.0939. The van der Waals surface area contributed by atoms with Gasteiger partial charge >= 0.3 is 0 Å². The fourth-order valence-corrected chi connectivity index (χ4v) is 3.91. The summed E-state index contributed by atoms with van der Waals surface area (Å²) in [5.41, 5.74) is 0.148. The number of ether oxygens (including phenoxy) is 3. The van der Waals surface area contributed by atoms with Gasteiger partial charge in [-0.3, -0.25) is 4.79 Å². The third kappa shape index (κ3) is 4.99. The molecule has 0 bridgehead atoms. The normalized spacial score (nSPS) is 15.8. The highest BCUT2D eigenvalue weighted by molar-refractivity contribution is 7.89. The Bertz CT molecular complexity index is 990. The molecule has 1 amide bonds. The molecule has 0 aliphatic carbocycles. The molecule has 156 valence electrons. The van der Waals surface area contributed by atoms with Gasteiger partial charge in [-0.25, -0.2) is 13.1 Å². The minimum atomic E-state index is -3.87. The van der Waals surface area contributed by atoms with E-state index in [1.54, 1.807) is 12.1 Å². The van der Waals surface area contributed by atoms with Crippen molar-refractivity contribution < 1.29 is 27.4 Å². The van der Waals surface area contributed by atoms with Crippen LogP contribution in [-0.4, -0.2) is 46.7 Å². The molecule has 0 unspecified atom stereocenters. The molecule has 3 rings (SSSR count). The van der Waals surface area contributed by atoms with E-state index >= 15 is 0 Å². The molecule has 1 atom stereocenters. The third-order valence-corrected chi connectivity index (χ3v) is 5.64. The maximum absolute atomic E-state index is 12.7. The van der Waals surface area contributed by atoms with Gasteiger partial charge in [0.1, 0.15) is 18.5 Å². The van der Waals surface area contributed by atoms with Crippen molar-refractivity contribution in [3.05, 3.63) is 48.0 Å². The number of hydrogen-bond donors (Lipinski definition) is 2. The van der Waals surface area contributed by atoms with Gasteiger partial charge in [-0.2, -0.15) is 0 Å². The summed E-state index contributed by atoms with van der Waals surface area (Å²) in [7, 11) is -2.44. The van der Waals surface area contributed by atoms with Gasteiger partial charge in [0.15, 0.2) is 11.5 Å². The molecular formula is C20H24N2O6S. The highest BCUT2D eigenvalue weighted by Crippen LogP contribution is 2.30. The van der Waals surface area contributed by atoms with Gasteiger partial charge in [0.2, 0.25) is 10.0 Å². The zero-order chi connectivity index (χ0) is 21.0. The molecule has 1 heterocycles. The van der Waals surface area contributed by atoms with Crippen LogP contribution in [0.25, 0.3) is 0 Å². The molecule has 1 aliphatic heterocycles. The second-order valence-corrected chi connectivity index (χ2v) is 8.61. The zero-order valence-electron chi connectivity index (χ0n) is 16.5. The highest BCUT2D eigenvalue weighted by Gasteiger charge is 2.25. The van der Waals surface area contributed by atoms with E-state index in [4.69, 9.17) is 14.2 Å². The Morgan fingerprint density at radius 1 is 1.21 bits per heavy atom. The maximum Gasteiger partial charge on any atom is 0.255 e. The van der Waals surface area contributed by atoms with Crippen molar-refractivity contribution in [2.75, 3.05) is 20.3 Å². The molecule has 0 fully saturated rings. The van der Waals surface area contributed by atoms with Gasteiger partial charge in [-0.05, 0) is 44.2 Å². The number of fused-ring (bicyclic) bond motifs is 1. The minimum Gasteiger partial charge on any atom is -0.496 e. The molecular weight excluding hydrogens is 396 g/mol. The average Bonchev–Trinajstić information content (AvgIpc) is 2.71. The van der Waals surface area contributed by atoms with E-state index in [0.717, 1.165) is 0 Å². The first-order valence-corrected chi connectivity index (χ1v) is 10.7. The SMILES string of the molecule is COc1ccc(S(=O)(=O)NC[C@@H]2COc3ccccc3O2)cc1C(=O)NC(C)C. The molecule has 0 radical (unpaired) electrons. The Morgan fingerprint density at radius 2 is 1.93 bits per heavy atom. The zero-order valence-corrected chi connectivity index (χ0v) is 17.3. The Kier molecular flexibility index (Phi) is 6.29. The van der Waals surface area contributed by atoms with Crippen molar-refractivity contribution >= 4 is 15.9 Å². The van der Waals surface area contributed by atoms with Crippen LogP contribution in [0.15, 0.2) is 47.4 Å². The summed E-state index contributed by atoms with van der Waals surface area (Å²) < 4.78 is 44.5. The number of carbonyl (C=O) groups is 1. The first kappa shape index (κ1) is 20.9. The number of para-hydroxylation sites is 2. The molecule has 9 heteroatoms. The van der Waals surface area contributed by atoms with Crippen LogP contribution in [0.1, 0.15) is 24.2 Å². The van der Waals surface area contributed by atoms with Crippen molar-refractivity contribution in [3.8, 4) is 17.2 Å². The summed E-state index contributed by atoms with van der Waals surface area (Å²) in [6.07, 6.45) is -0.471. The molecule has 2 aromatic rings. The third-order valence-electron chi connectivity index (χ3n) is 4.21. The summed E-state index contributed by atoms with van der Waals surface area (Å²) in [4.78, 5) is 12.4. The van der Waals surface area contributed by atoms with Gasteiger partial charge in [0.05, 0.1) is 24.1 Å². The van der Waals surface area contributed by atoms with E-state index in [-0.39, 0.29) is 29.7 Å². The Morgan fingerprint density at radius 3 is 2.62 bits per heavy atom. The lowest BCUT2D eigenvalue weighted by Gasteiger charge is -2.26. The van der Waals surface area contributed by atoms with Crippen molar-refractivity contribution in [2.45, 2.75) is 30.9 Å². The molecule has 0 saturated heterocycles. The largest absolute Gasteiger partial charge is 0.496 e. The lowest BCUT2D eigenvalue weighted by Crippen LogP contribution is -2.40. The van der Waals surface area contributed by atoms with Gasteiger partial charge in [-0.1, -0.05) is 12.1 Å². The van der Waals surface area contributed by atoms with Crippen LogP contribution >= 0.6 is 0 Å². The van der Waals surface area contributed by atoms with E-state index in [2.05, 4.69) is 10.0 Å². The molecule has 8 nitrogen and oxygen atoms in total. The van der Waals surface area contributed by atoms with Gasteiger partial charge < -0.3 is 19.5 Å². The first-order chi connectivity index (χ1) is 13.8. The number of rotatable bonds is 7. The Labute approximate surface area is 170 Å². The number of carbonyl (C=O) groups excluding carboxylic acids is 1. The summed E-state index contributed by atoms with van der Waals surface area (Å²) in [6, 6.07) is 11.2. The lowest BCUT2D eigenvalue weighted by atomic mass is 10.2. The second kappa shape index (κ2) is 8.71. The summed E-state index contributed by atoms with van der Waals surface area (Å²) >= 11 is 0. The van der Waals surface area contributed by atoms with Crippen LogP contribution in [0.3, 0.4) is 0 Å². The number of benzene rings is 2. The minimum absolute atomic E-state index is 0.0240. The molecule has 0 spiro atoms. The van der Waals surface area contributed by atoms with E-state index in [0.29, 0.717) is 17.2 Å².